The molecule has 0 bridgehead atoms. The van der Waals surface area contributed by atoms with Crippen molar-refractivity contribution in [2.75, 3.05) is 5.32 Å². The lowest BCUT2D eigenvalue weighted by Crippen LogP contribution is -2.35. The molecule has 110 valence electrons. The van der Waals surface area contributed by atoms with Gasteiger partial charge < -0.3 is 16.0 Å². The summed E-state index contributed by atoms with van der Waals surface area (Å²) in [6.45, 7) is 0.651. The van der Waals surface area contributed by atoms with E-state index in [1.54, 1.807) is 6.20 Å². The van der Waals surface area contributed by atoms with Gasteiger partial charge in [-0.2, -0.15) is 0 Å². The number of imidazole rings is 1. The first-order valence-corrected chi connectivity index (χ1v) is 7.64. The summed E-state index contributed by atoms with van der Waals surface area (Å²) < 4.78 is 0. The molecule has 0 aliphatic heterocycles. The van der Waals surface area contributed by atoms with E-state index in [1.807, 2.05) is 6.20 Å². The Balaban J connectivity index is 1.53. The monoisotopic (exact) mass is 284 g/mol. The Labute approximate surface area is 123 Å². The van der Waals surface area contributed by atoms with E-state index in [0.717, 1.165) is 36.0 Å². The predicted molar refractivity (Wildman–Crippen MR) is 79.9 cm³/mol. The van der Waals surface area contributed by atoms with E-state index in [4.69, 9.17) is 10.7 Å². The first-order valence-electron chi connectivity index (χ1n) is 7.64. The lowest BCUT2D eigenvalue weighted by Gasteiger charge is -2.32. The molecule has 4 rings (SSSR count). The molecular weight excluding hydrogens is 264 g/mol. The molecule has 6 nitrogen and oxygen atoms in total. The van der Waals surface area contributed by atoms with Crippen molar-refractivity contribution < 1.29 is 0 Å². The van der Waals surface area contributed by atoms with Crippen LogP contribution in [0.1, 0.15) is 54.9 Å². The highest BCUT2D eigenvalue weighted by Crippen LogP contribution is 2.41. The fourth-order valence-electron chi connectivity index (χ4n) is 2.78. The van der Waals surface area contributed by atoms with Crippen LogP contribution in [0.4, 0.5) is 5.82 Å². The van der Waals surface area contributed by atoms with E-state index >= 15 is 0 Å². The van der Waals surface area contributed by atoms with Crippen LogP contribution in [0.3, 0.4) is 0 Å². The molecule has 0 radical (unpaired) electrons. The Morgan fingerprint density at radius 2 is 2.10 bits per heavy atom. The van der Waals surface area contributed by atoms with Gasteiger partial charge in [-0.3, -0.25) is 0 Å². The van der Waals surface area contributed by atoms with E-state index in [9.17, 15) is 0 Å². The van der Waals surface area contributed by atoms with Gasteiger partial charge >= 0.3 is 0 Å². The molecule has 2 aromatic rings. The van der Waals surface area contributed by atoms with Crippen molar-refractivity contribution in [1.29, 1.82) is 0 Å². The predicted octanol–water partition coefficient (Wildman–Crippen LogP) is 1.89. The quantitative estimate of drug-likeness (QED) is 0.779. The van der Waals surface area contributed by atoms with Gasteiger partial charge in [-0.15, -0.1) is 0 Å². The summed E-state index contributed by atoms with van der Waals surface area (Å²) in [6.07, 6.45) is 8.09. The molecule has 2 aliphatic carbocycles. The van der Waals surface area contributed by atoms with Crippen LogP contribution in [0.5, 0.6) is 0 Å². The standard InChI is InChI=1S/C15H20N6/c16-11-5-10(6-11)12-7-13(19-8-14-17-3-4-18-14)21-15(20-12)9-1-2-9/h3-4,7,9-11H,1-2,5-6,8,16H2,(H,17,18)(H,19,20,21). The largest absolute Gasteiger partial charge is 0.363 e. The van der Waals surface area contributed by atoms with Crippen molar-refractivity contribution in [3.05, 3.63) is 35.8 Å². The zero-order valence-corrected chi connectivity index (χ0v) is 11.9. The number of hydrogen-bond donors (Lipinski definition) is 3. The van der Waals surface area contributed by atoms with Crippen molar-refractivity contribution in [3.8, 4) is 0 Å². The molecule has 0 amide bonds. The van der Waals surface area contributed by atoms with Crippen LogP contribution in [0.2, 0.25) is 0 Å². The Morgan fingerprint density at radius 1 is 1.24 bits per heavy atom. The van der Waals surface area contributed by atoms with Crippen LogP contribution in [0.15, 0.2) is 18.5 Å². The van der Waals surface area contributed by atoms with Crippen LogP contribution in [-0.4, -0.2) is 26.0 Å². The maximum Gasteiger partial charge on any atom is 0.134 e. The maximum absolute atomic E-state index is 5.91. The minimum absolute atomic E-state index is 0.342. The van der Waals surface area contributed by atoms with Crippen molar-refractivity contribution in [2.24, 2.45) is 5.73 Å². The van der Waals surface area contributed by atoms with Crippen molar-refractivity contribution in [1.82, 2.24) is 19.9 Å². The zero-order valence-electron chi connectivity index (χ0n) is 11.9. The number of nitrogens with zero attached hydrogens (tertiary/aromatic N) is 3. The Kier molecular flexibility index (Phi) is 3.11. The van der Waals surface area contributed by atoms with Crippen LogP contribution < -0.4 is 11.1 Å². The van der Waals surface area contributed by atoms with Crippen molar-refractivity contribution in [2.45, 2.75) is 50.1 Å². The molecule has 2 aliphatic rings. The number of hydrogen-bond acceptors (Lipinski definition) is 5. The number of aromatic nitrogens is 4. The highest BCUT2D eigenvalue weighted by molar-refractivity contribution is 5.39. The summed E-state index contributed by atoms with van der Waals surface area (Å²) in [5, 5.41) is 3.35. The van der Waals surface area contributed by atoms with Crippen LogP contribution in [0, 0.1) is 0 Å². The summed E-state index contributed by atoms with van der Waals surface area (Å²) in [7, 11) is 0. The van der Waals surface area contributed by atoms with Gasteiger partial charge in [-0.1, -0.05) is 0 Å². The topological polar surface area (TPSA) is 92.5 Å². The number of anilines is 1. The van der Waals surface area contributed by atoms with Gasteiger partial charge in [0.05, 0.1) is 6.54 Å². The molecule has 4 N–H and O–H groups in total. The molecule has 0 atom stereocenters. The van der Waals surface area contributed by atoms with Gasteiger partial charge in [0.15, 0.2) is 0 Å². The van der Waals surface area contributed by atoms with Crippen LogP contribution in [-0.2, 0) is 6.54 Å². The summed E-state index contributed by atoms with van der Waals surface area (Å²) in [5.41, 5.74) is 7.05. The van der Waals surface area contributed by atoms with Gasteiger partial charge in [0.2, 0.25) is 0 Å². The van der Waals surface area contributed by atoms with E-state index < -0.39 is 0 Å². The Hall–Kier alpha value is -1.95. The van der Waals surface area contributed by atoms with Crippen molar-refractivity contribution >= 4 is 5.82 Å². The fourth-order valence-corrected chi connectivity index (χ4v) is 2.78. The summed E-state index contributed by atoms with van der Waals surface area (Å²) in [4.78, 5) is 16.7. The van der Waals surface area contributed by atoms with E-state index in [0.29, 0.717) is 24.4 Å². The zero-order chi connectivity index (χ0) is 14.2. The molecule has 21 heavy (non-hydrogen) atoms. The molecular formula is C15H20N6. The Morgan fingerprint density at radius 3 is 2.76 bits per heavy atom. The average molecular weight is 284 g/mol. The van der Waals surface area contributed by atoms with Crippen molar-refractivity contribution in [3.63, 3.8) is 0 Å². The summed E-state index contributed by atoms with van der Waals surface area (Å²) in [6, 6.07) is 2.42. The number of H-pyrrole nitrogens is 1. The van der Waals surface area contributed by atoms with Crippen LogP contribution >= 0.6 is 0 Å². The molecule has 0 unspecified atom stereocenters. The van der Waals surface area contributed by atoms with Gasteiger partial charge in [0.1, 0.15) is 17.5 Å². The lowest BCUT2D eigenvalue weighted by molar-refractivity contribution is 0.344. The normalized spacial score (nSPS) is 24.6. The molecule has 2 heterocycles. The molecule has 2 saturated carbocycles. The van der Waals surface area contributed by atoms with E-state index in [-0.39, 0.29) is 0 Å². The third-order valence-electron chi connectivity index (χ3n) is 4.29. The minimum atomic E-state index is 0.342. The second kappa shape index (κ2) is 5.11. The molecule has 0 saturated heterocycles. The molecule has 2 aromatic heterocycles. The molecule has 6 heteroatoms. The maximum atomic E-state index is 5.91. The van der Waals surface area contributed by atoms with Gasteiger partial charge in [-0.05, 0) is 25.7 Å². The van der Waals surface area contributed by atoms with E-state index in [2.05, 4.69) is 26.3 Å². The second-order valence-corrected chi connectivity index (χ2v) is 6.13. The molecule has 0 spiro atoms. The fraction of sp³-hybridized carbons (Fsp3) is 0.533. The average Bonchev–Trinajstić information content (AvgIpc) is 3.18. The summed E-state index contributed by atoms with van der Waals surface area (Å²) in [5.74, 6) is 3.87. The minimum Gasteiger partial charge on any atom is -0.363 e. The van der Waals surface area contributed by atoms with Gasteiger partial charge in [0.25, 0.3) is 0 Å². The second-order valence-electron chi connectivity index (χ2n) is 6.13. The smallest absolute Gasteiger partial charge is 0.134 e. The molecule has 2 fully saturated rings. The highest BCUT2D eigenvalue weighted by atomic mass is 15.1. The number of rotatable bonds is 5. The summed E-state index contributed by atoms with van der Waals surface area (Å²) >= 11 is 0. The first kappa shape index (κ1) is 12.8. The van der Waals surface area contributed by atoms with Gasteiger partial charge in [0, 0.05) is 42.0 Å². The SMILES string of the molecule is NC1CC(c2cc(NCc3ncc[nH]3)nc(C3CC3)n2)C1. The van der Waals surface area contributed by atoms with Gasteiger partial charge in [-0.25, -0.2) is 15.0 Å². The highest BCUT2D eigenvalue weighted by Gasteiger charge is 2.32. The van der Waals surface area contributed by atoms with Crippen LogP contribution in [0.25, 0.3) is 0 Å². The van der Waals surface area contributed by atoms with E-state index in [1.165, 1.54) is 12.8 Å². The number of aromatic amines is 1. The first-order chi connectivity index (χ1) is 10.3. The lowest BCUT2D eigenvalue weighted by atomic mass is 9.78. The Bertz CT molecular complexity index is 613. The number of nitrogens with two attached hydrogens (primary N) is 1. The third-order valence-corrected chi connectivity index (χ3v) is 4.29. The third kappa shape index (κ3) is 2.76. The molecule has 0 aromatic carbocycles. The number of nitrogens with one attached hydrogen (secondary N) is 2.